The third kappa shape index (κ3) is 4.76. The average Bonchev–Trinajstić information content (AvgIpc) is 2.48. The summed E-state index contributed by atoms with van der Waals surface area (Å²) in [5.74, 6) is -0.829. The quantitative estimate of drug-likeness (QED) is 0.894. The summed E-state index contributed by atoms with van der Waals surface area (Å²) in [5, 5.41) is 2.54. The van der Waals surface area contributed by atoms with E-state index in [1.165, 1.54) is 12.1 Å². The summed E-state index contributed by atoms with van der Waals surface area (Å²) >= 11 is 0. The zero-order chi connectivity index (χ0) is 17.0. The van der Waals surface area contributed by atoms with Crippen molar-refractivity contribution in [2.75, 3.05) is 18.4 Å². The second-order valence-corrected chi connectivity index (χ2v) is 6.47. The molecule has 0 unspecified atom stereocenters. The van der Waals surface area contributed by atoms with Crippen molar-refractivity contribution in [1.29, 1.82) is 0 Å². The number of carbonyl (C=O) groups is 2. The second-order valence-electron chi connectivity index (χ2n) is 6.47. The molecule has 1 fully saturated rings. The van der Waals surface area contributed by atoms with Crippen LogP contribution in [0.4, 0.5) is 10.1 Å². The molecule has 126 valence electrons. The number of amides is 2. The first kappa shape index (κ1) is 17.4. The van der Waals surface area contributed by atoms with E-state index in [2.05, 4.69) is 5.32 Å². The highest BCUT2D eigenvalue weighted by Gasteiger charge is 2.22. The summed E-state index contributed by atoms with van der Waals surface area (Å²) in [6, 6.07) is 4.30. The lowest BCUT2D eigenvalue weighted by Gasteiger charge is -2.30. The van der Waals surface area contributed by atoms with Gasteiger partial charge in [-0.05, 0) is 37.0 Å². The van der Waals surface area contributed by atoms with E-state index in [1.807, 2.05) is 13.8 Å². The maximum Gasteiger partial charge on any atom is 0.253 e. The van der Waals surface area contributed by atoms with Crippen molar-refractivity contribution in [3.63, 3.8) is 0 Å². The van der Waals surface area contributed by atoms with Crippen LogP contribution >= 0.6 is 0 Å². The van der Waals surface area contributed by atoms with Crippen molar-refractivity contribution in [2.24, 2.45) is 11.7 Å². The molecule has 0 atom stereocenters. The van der Waals surface area contributed by atoms with Gasteiger partial charge in [-0.15, -0.1) is 0 Å². The molecule has 1 aliphatic heterocycles. The van der Waals surface area contributed by atoms with E-state index >= 15 is 0 Å². The minimum atomic E-state index is -0.596. The Kier molecular flexibility index (Phi) is 5.71. The molecule has 0 bridgehead atoms. The molecule has 1 aromatic carbocycles. The minimum Gasteiger partial charge on any atom is -0.339 e. The number of carbonyl (C=O) groups excluding carboxylic acids is 2. The van der Waals surface area contributed by atoms with Crippen LogP contribution in [0.2, 0.25) is 0 Å². The summed E-state index contributed by atoms with van der Waals surface area (Å²) in [6.45, 7) is 5.02. The lowest BCUT2D eigenvalue weighted by molar-refractivity contribution is -0.116. The third-order valence-electron chi connectivity index (χ3n) is 3.91. The molecule has 6 heteroatoms. The van der Waals surface area contributed by atoms with E-state index < -0.39 is 5.82 Å². The van der Waals surface area contributed by atoms with E-state index in [-0.39, 0.29) is 29.5 Å². The minimum absolute atomic E-state index is 0.105. The van der Waals surface area contributed by atoms with Crippen LogP contribution in [-0.4, -0.2) is 35.8 Å². The molecule has 3 N–H and O–H groups in total. The Balaban J connectivity index is 2.03. The SMILES string of the molecule is CC(C)CC(=O)Nc1ccc(C(=O)N2CCC(N)CC2)cc1F. The molecule has 23 heavy (non-hydrogen) atoms. The van der Waals surface area contributed by atoms with Gasteiger partial charge in [0.25, 0.3) is 5.91 Å². The van der Waals surface area contributed by atoms with Crippen LogP contribution in [0, 0.1) is 11.7 Å². The summed E-state index contributed by atoms with van der Waals surface area (Å²) in [7, 11) is 0. The number of likely N-dealkylation sites (tertiary alicyclic amines) is 1. The molecule has 0 aliphatic carbocycles. The number of piperidine rings is 1. The van der Waals surface area contributed by atoms with Crippen LogP contribution in [0.1, 0.15) is 43.5 Å². The highest BCUT2D eigenvalue weighted by molar-refractivity contribution is 5.96. The Hall–Kier alpha value is -1.95. The number of benzene rings is 1. The van der Waals surface area contributed by atoms with Gasteiger partial charge in [0.2, 0.25) is 5.91 Å². The highest BCUT2D eigenvalue weighted by atomic mass is 19.1. The van der Waals surface area contributed by atoms with Gasteiger partial charge in [0, 0.05) is 31.1 Å². The lowest BCUT2D eigenvalue weighted by Crippen LogP contribution is -2.42. The standard InChI is InChI=1S/C17H24FN3O2/c1-11(2)9-16(22)20-15-4-3-12(10-14(15)18)17(23)21-7-5-13(19)6-8-21/h3-4,10-11,13H,5-9,19H2,1-2H3,(H,20,22). The van der Waals surface area contributed by atoms with Gasteiger partial charge in [-0.2, -0.15) is 0 Å². The fraction of sp³-hybridized carbons (Fsp3) is 0.529. The van der Waals surface area contributed by atoms with Crippen LogP contribution in [0.5, 0.6) is 0 Å². The first-order chi connectivity index (χ1) is 10.9. The number of rotatable bonds is 4. The Labute approximate surface area is 136 Å². The molecule has 5 nitrogen and oxygen atoms in total. The van der Waals surface area contributed by atoms with Crippen LogP contribution in [0.3, 0.4) is 0 Å². The van der Waals surface area contributed by atoms with Crippen LogP contribution in [0.25, 0.3) is 0 Å². The van der Waals surface area contributed by atoms with E-state index in [1.54, 1.807) is 11.0 Å². The number of hydrogen-bond donors (Lipinski definition) is 2. The molecule has 1 aliphatic rings. The number of nitrogens with zero attached hydrogens (tertiary/aromatic N) is 1. The third-order valence-corrected chi connectivity index (χ3v) is 3.91. The number of nitrogens with two attached hydrogens (primary N) is 1. The zero-order valence-electron chi connectivity index (χ0n) is 13.6. The molecule has 0 aromatic heterocycles. The predicted molar refractivity (Wildman–Crippen MR) is 87.6 cm³/mol. The van der Waals surface area contributed by atoms with Crippen molar-refractivity contribution in [3.8, 4) is 0 Å². The van der Waals surface area contributed by atoms with E-state index in [9.17, 15) is 14.0 Å². The molecule has 0 radical (unpaired) electrons. The highest BCUT2D eigenvalue weighted by Crippen LogP contribution is 2.19. The Morgan fingerprint density at radius 3 is 2.57 bits per heavy atom. The van der Waals surface area contributed by atoms with E-state index in [4.69, 9.17) is 5.73 Å². The van der Waals surface area contributed by atoms with Crippen molar-refractivity contribution in [3.05, 3.63) is 29.6 Å². The average molecular weight is 321 g/mol. The van der Waals surface area contributed by atoms with Gasteiger partial charge in [0.05, 0.1) is 5.69 Å². The van der Waals surface area contributed by atoms with Crippen LogP contribution in [0.15, 0.2) is 18.2 Å². The molecular formula is C17H24FN3O2. The van der Waals surface area contributed by atoms with Crippen LogP contribution in [-0.2, 0) is 4.79 Å². The molecule has 0 spiro atoms. The summed E-state index contributed by atoms with van der Waals surface area (Å²) < 4.78 is 14.1. The molecule has 2 amide bonds. The van der Waals surface area contributed by atoms with Gasteiger partial charge < -0.3 is 16.0 Å². The van der Waals surface area contributed by atoms with Crippen molar-refractivity contribution in [2.45, 2.75) is 39.2 Å². The van der Waals surface area contributed by atoms with Gasteiger partial charge in [0.15, 0.2) is 0 Å². The number of nitrogens with one attached hydrogen (secondary N) is 1. The van der Waals surface area contributed by atoms with Gasteiger partial charge >= 0.3 is 0 Å². The monoisotopic (exact) mass is 321 g/mol. The zero-order valence-corrected chi connectivity index (χ0v) is 13.6. The Morgan fingerprint density at radius 1 is 1.35 bits per heavy atom. The summed E-state index contributed by atoms with van der Waals surface area (Å²) in [6.07, 6.45) is 1.85. The molecule has 1 aromatic rings. The maximum absolute atomic E-state index is 14.1. The van der Waals surface area contributed by atoms with Gasteiger partial charge in [0.1, 0.15) is 5.82 Å². The molecule has 2 rings (SSSR count). The van der Waals surface area contributed by atoms with Crippen molar-refractivity contribution in [1.82, 2.24) is 4.90 Å². The molecule has 0 saturated carbocycles. The Bertz CT molecular complexity index is 581. The molecule has 1 saturated heterocycles. The van der Waals surface area contributed by atoms with Gasteiger partial charge in [-0.3, -0.25) is 9.59 Å². The van der Waals surface area contributed by atoms with Crippen LogP contribution < -0.4 is 11.1 Å². The summed E-state index contributed by atoms with van der Waals surface area (Å²) in [5.41, 5.74) is 6.22. The van der Waals surface area contributed by atoms with Crippen molar-refractivity contribution < 1.29 is 14.0 Å². The van der Waals surface area contributed by atoms with E-state index in [0.717, 1.165) is 12.8 Å². The predicted octanol–water partition coefficient (Wildman–Crippen LogP) is 2.37. The van der Waals surface area contributed by atoms with E-state index in [0.29, 0.717) is 25.1 Å². The summed E-state index contributed by atoms with van der Waals surface area (Å²) in [4.78, 5) is 25.8. The molecule has 1 heterocycles. The maximum atomic E-state index is 14.1. The Morgan fingerprint density at radius 2 is 2.00 bits per heavy atom. The normalized spacial score (nSPS) is 15.8. The fourth-order valence-electron chi connectivity index (χ4n) is 2.61. The smallest absolute Gasteiger partial charge is 0.253 e. The lowest BCUT2D eigenvalue weighted by atomic mass is 10.0. The largest absolute Gasteiger partial charge is 0.339 e. The number of anilines is 1. The fourth-order valence-corrected chi connectivity index (χ4v) is 2.61. The first-order valence-electron chi connectivity index (χ1n) is 8.01. The second kappa shape index (κ2) is 7.55. The topological polar surface area (TPSA) is 75.4 Å². The van der Waals surface area contributed by atoms with Crippen molar-refractivity contribution >= 4 is 17.5 Å². The molecular weight excluding hydrogens is 297 g/mol. The van der Waals surface area contributed by atoms with Gasteiger partial charge in [-0.1, -0.05) is 13.8 Å². The number of halogens is 1. The number of hydrogen-bond acceptors (Lipinski definition) is 3. The first-order valence-corrected chi connectivity index (χ1v) is 8.01. The van der Waals surface area contributed by atoms with Gasteiger partial charge in [-0.25, -0.2) is 4.39 Å².